The molecule has 0 aliphatic carbocycles. The predicted molar refractivity (Wildman–Crippen MR) is 87.3 cm³/mol. The molecule has 0 aliphatic rings. The summed E-state index contributed by atoms with van der Waals surface area (Å²) >= 11 is 5.99. The van der Waals surface area contributed by atoms with Gasteiger partial charge in [-0.25, -0.2) is 4.68 Å². The molecule has 1 heterocycles. The third-order valence-electron chi connectivity index (χ3n) is 4.16. The maximum absolute atomic E-state index is 5.99. The molecule has 3 nitrogen and oxygen atoms in total. The van der Waals surface area contributed by atoms with Crippen LogP contribution in [0.1, 0.15) is 44.0 Å². The van der Waals surface area contributed by atoms with Crippen molar-refractivity contribution in [1.82, 2.24) is 9.78 Å². The maximum Gasteiger partial charge on any atom is 0.222 e. The van der Waals surface area contributed by atoms with Crippen LogP contribution in [0.3, 0.4) is 0 Å². The van der Waals surface area contributed by atoms with Gasteiger partial charge in [0.2, 0.25) is 5.88 Å². The van der Waals surface area contributed by atoms with Crippen molar-refractivity contribution in [2.45, 2.75) is 45.4 Å². The van der Waals surface area contributed by atoms with Crippen LogP contribution in [0, 0.1) is 6.92 Å². The van der Waals surface area contributed by atoms with Crippen LogP contribution >= 0.6 is 11.6 Å². The van der Waals surface area contributed by atoms with E-state index in [4.69, 9.17) is 16.3 Å². The second kappa shape index (κ2) is 6.10. The van der Waals surface area contributed by atoms with Crippen LogP contribution in [-0.2, 0) is 18.3 Å². The third-order valence-corrected chi connectivity index (χ3v) is 4.42. The van der Waals surface area contributed by atoms with Gasteiger partial charge in [-0.3, -0.25) is 0 Å². The molecule has 0 N–H and O–H groups in total. The average Bonchev–Trinajstić information content (AvgIpc) is 2.73. The summed E-state index contributed by atoms with van der Waals surface area (Å²) in [6.45, 7) is 8.64. The van der Waals surface area contributed by atoms with Gasteiger partial charge in [-0.05, 0) is 36.5 Å². The molecule has 2 aromatic rings. The van der Waals surface area contributed by atoms with Crippen molar-refractivity contribution in [3.05, 3.63) is 41.1 Å². The van der Waals surface area contributed by atoms with Gasteiger partial charge in [-0.1, -0.05) is 32.9 Å². The highest BCUT2D eigenvalue weighted by Gasteiger charge is 2.18. The minimum Gasteiger partial charge on any atom is -0.439 e. The monoisotopic (exact) mass is 306 g/mol. The summed E-state index contributed by atoms with van der Waals surface area (Å²) in [4.78, 5) is 0. The van der Waals surface area contributed by atoms with E-state index in [1.165, 1.54) is 5.56 Å². The summed E-state index contributed by atoms with van der Waals surface area (Å²) in [7, 11) is 1.87. The van der Waals surface area contributed by atoms with E-state index in [0.717, 1.165) is 23.4 Å². The fraction of sp³-hybridized carbons (Fsp3) is 0.471. The average molecular weight is 307 g/mol. The number of alkyl halides is 1. The first-order valence-corrected chi connectivity index (χ1v) is 7.79. The first-order chi connectivity index (χ1) is 9.89. The summed E-state index contributed by atoms with van der Waals surface area (Å²) in [6.07, 6.45) is 1.10. The number of aryl methyl sites for hydroxylation is 2. The molecule has 0 radical (unpaired) electrons. The predicted octanol–water partition coefficient (Wildman–Crippen LogP) is 4.95. The van der Waals surface area contributed by atoms with Crippen molar-refractivity contribution in [2.75, 3.05) is 0 Å². The van der Waals surface area contributed by atoms with Crippen LogP contribution in [0.5, 0.6) is 11.6 Å². The fourth-order valence-electron chi connectivity index (χ4n) is 2.25. The number of hydrogen-bond donors (Lipinski definition) is 0. The van der Waals surface area contributed by atoms with Crippen LogP contribution < -0.4 is 4.74 Å². The Morgan fingerprint density at radius 3 is 2.38 bits per heavy atom. The Morgan fingerprint density at radius 2 is 1.86 bits per heavy atom. The van der Waals surface area contributed by atoms with E-state index in [0.29, 0.717) is 11.8 Å². The molecule has 0 amide bonds. The van der Waals surface area contributed by atoms with E-state index in [1.807, 2.05) is 26.1 Å². The highest BCUT2D eigenvalue weighted by atomic mass is 35.5. The Labute approximate surface area is 131 Å². The Hall–Kier alpha value is -1.48. The third kappa shape index (κ3) is 3.24. The summed E-state index contributed by atoms with van der Waals surface area (Å²) in [5.74, 6) is 1.92. The van der Waals surface area contributed by atoms with Crippen molar-refractivity contribution >= 4 is 11.6 Å². The van der Waals surface area contributed by atoms with Crippen LogP contribution in [0.25, 0.3) is 0 Å². The molecule has 0 fully saturated rings. The van der Waals surface area contributed by atoms with Crippen LogP contribution in [-0.4, -0.2) is 9.78 Å². The molecular formula is C17H23ClN2O. The van der Waals surface area contributed by atoms with Crippen molar-refractivity contribution in [2.24, 2.45) is 7.05 Å². The summed E-state index contributed by atoms with van der Waals surface area (Å²) in [5, 5.41) is 4.36. The molecule has 21 heavy (non-hydrogen) atoms. The number of halogens is 1. The molecule has 114 valence electrons. The van der Waals surface area contributed by atoms with Gasteiger partial charge >= 0.3 is 0 Å². The van der Waals surface area contributed by atoms with Gasteiger partial charge in [0.1, 0.15) is 5.75 Å². The number of nitrogens with zero attached hydrogens (tertiary/aromatic N) is 2. The smallest absolute Gasteiger partial charge is 0.222 e. The molecule has 0 atom stereocenters. The van der Waals surface area contributed by atoms with Crippen LogP contribution in [0.2, 0.25) is 0 Å². The van der Waals surface area contributed by atoms with Crippen LogP contribution in [0.15, 0.2) is 24.3 Å². The summed E-state index contributed by atoms with van der Waals surface area (Å²) in [6, 6.07) is 8.27. The Kier molecular flexibility index (Phi) is 4.62. The lowest BCUT2D eigenvalue weighted by atomic mass is 9.82. The molecule has 1 aromatic heterocycles. The van der Waals surface area contributed by atoms with E-state index in [9.17, 15) is 0 Å². The van der Waals surface area contributed by atoms with Gasteiger partial charge in [0.25, 0.3) is 0 Å². The zero-order valence-electron chi connectivity index (χ0n) is 13.4. The first-order valence-electron chi connectivity index (χ1n) is 7.26. The van der Waals surface area contributed by atoms with Crippen molar-refractivity contribution in [3.8, 4) is 11.6 Å². The molecule has 0 unspecified atom stereocenters. The van der Waals surface area contributed by atoms with Gasteiger partial charge in [0.15, 0.2) is 0 Å². The summed E-state index contributed by atoms with van der Waals surface area (Å²) in [5.41, 5.74) is 3.35. The van der Waals surface area contributed by atoms with E-state index in [1.54, 1.807) is 4.68 Å². The minimum absolute atomic E-state index is 0.183. The Balaban J connectivity index is 2.26. The number of hydrogen-bond acceptors (Lipinski definition) is 2. The van der Waals surface area contributed by atoms with Crippen molar-refractivity contribution in [3.63, 3.8) is 0 Å². The number of aromatic nitrogens is 2. The second-order valence-electron chi connectivity index (χ2n) is 5.99. The quantitative estimate of drug-likeness (QED) is 0.731. The molecule has 0 bridgehead atoms. The molecule has 2 rings (SSSR count). The Bertz CT molecular complexity index is 614. The summed E-state index contributed by atoms with van der Waals surface area (Å²) < 4.78 is 7.70. The van der Waals surface area contributed by atoms with Gasteiger partial charge in [0.05, 0.1) is 17.1 Å². The van der Waals surface area contributed by atoms with Gasteiger partial charge in [0, 0.05) is 7.05 Å². The van der Waals surface area contributed by atoms with Gasteiger partial charge in [-0.2, -0.15) is 5.10 Å². The number of ether oxygens (including phenoxy) is 1. The lowest BCUT2D eigenvalue weighted by Crippen LogP contribution is -2.14. The van der Waals surface area contributed by atoms with Crippen molar-refractivity contribution < 1.29 is 4.74 Å². The lowest BCUT2D eigenvalue weighted by molar-refractivity contribution is 0.426. The zero-order valence-corrected chi connectivity index (χ0v) is 14.2. The van der Waals surface area contributed by atoms with Gasteiger partial charge < -0.3 is 4.74 Å². The molecule has 0 saturated heterocycles. The fourth-order valence-corrected chi connectivity index (χ4v) is 2.56. The van der Waals surface area contributed by atoms with E-state index in [-0.39, 0.29) is 5.41 Å². The van der Waals surface area contributed by atoms with Gasteiger partial charge in [-0.15, -0.1) is 11.6 Å². The molecule has 4 heteroatoms. The largest absolute Gasteiger partial charge is 0.439 e. The number of rotatable bonds is 5. The van der Waals surface area contributed by atoms with Crippen LogP contribution in [0.4, 0.5) is 0 Å². The van der Waals surface area contributed by atoms with E-state index >= 15 is 0 Å². The van der Waals surface area contributed by atoms with E-state index < -0.39 is 0 Å². The topological polar surface area (TPSA) is 27.1 Å². The molecule has 0 saturated carbocycles. The highest BCUT2D eigenvalue weighted by Crippen LogP contribution is 2.31. The Morgan fingerprint density at radius 1 is 1.24 bits per heavy atom. The second-order valence-corrected chi connectivity index (χ2v) is 6.26. The standard InChI is InChI=1S/C17H23ClN2O/c1-6-17(3,4)13-7-9-14(10-8-13)21-16-15(11-18)12(2)19-20(16)5/h7-10H,6,11H2,1-5H3. The maximum atomic E-state index is 5.99. The molecule has 1 aromatic carbocycles. The molecule has 0 aliphatic heterocycles. The normalized spacial score (nSPS) is 11.7. The SMILES string of the molecule is CCC(C)(C)c1ccc(Oc2c(CCl)c(C)nn2C)cc1. The zero-order chi connectivity index (χ0) is 15.6. The first kappa shape index (κ1) is 15.9. The highest BCUT2D eigenvalue weighted by molar-refractivity contribution is 6.17. The minimum atomic E-state index is 0.183. The van der Waals surface area contributed by atoms with E-state index in [2.05, 4.69) is 38.0 Å². The molecule has 0 spiro atoms. The molecular weight excluding hydrogens is 284 g/mol. The van der Waals surface area contributed by atoms with Crippen molar-refractivity contribution in [1.29, 1.82) is 0 Å². The lowest BCUT2D eigenvalue weighted by Gasteiger charge is -2.23. The number of benzene rings is 1.